The third-order valence-electron chi connectivity index (χ3n) is 4.50. The van der Waals surface area contributed by atoms with Gasteiger partial charge in [-0.1, -0.05) is 43.7 Å². The minimum absolute atomic E-state index is 0.110. The van der Waals surface area contributed by atoms with Crippen LogP contribution in [-0.4, -0.2) is 43.9 Å². The highest BCUT2D eigenvalue weighted by atomic mass is 16.3. The molecule has 3 aromatic rings. The van der Waals surface area contributed by atoms with Gasteiger partial charge in [-0.2, -0.15) is 0 Å². The molecule has 0 aliphatic rings. The van der Waals surface area contributed by atoms with Crippen LogP contribution in [0.2, 0.25) is 0 Å². The van der Waals surface area contributed by atoms with Gasteiger partial charge in [-0.3, -0.25) is 4.79 Å². The number of aryl methyl sites for hydroxylation is 1. The molecule has 0 spiro atoms. The molecule has 27 heavy (non-hydrogen) atoms. The van der Waals surface area contributed by atoms with Gasteiger partial charge in [0.1, 0.15) is 6.33 Å². The van der Waals surface area contributed by atoms with Crippen LogP contribution in [0.15, 0.2) is 48.8 Å². The van der Waals surface area contributed by atoms with E-state index in [2.05, 4.69) is 20.8 Å². The summed E-state index contributed by atoms with van der Waals surface area (Å²) in [5.41, 5.74) is 4.22. The molecule has 2 aromatic carbocycles. The fourth-order valence-electron chi connectivity index (χ4n) is 2.74. The standard InChI is InChI=1S/C20H23N5O2/c1-13(2)19(11-26)22-20(27)17-8-16(15-6-4-14(3)5-7-15)9-18(10-17)25-12-21-23-24-25/h4-10,12-13,19,26H,11H2,1-3H3,(H,22,27). The highest BCUT2D eigenvalue weighted by molar-refractivity contribution is 5.96. The van der Waals surface area contributed by atoms with Gasteiger partial charge in [-0.05, 0) is 52.6 Å². The number of rotatable bonds is 6. The largest absolute Gasteiger partial charge is 0.394 e. The SMILES string of the molecule is Cc1ccc(-c2cc(C(=O)NC(CO)C(C)C)cc(-n3cnnn3)c2)cc1. The minimum atomic E-state index is -0.308. The number of aliphatic hydroxyl groups excluding tert-OH is 1. The van der Waals surface area contributed by atoms with Crippen molar-refractivity contribution in [2.45, 2.75) is 26.8 Å². The second kappa shape index (κ2) is 8.09. The number of benzene rings is 2. The van der Waals surface area contributed by atoms with E-state index in [1.165, 1.54) is 11.0 Å². The highest BCUT2D eigenvalue weighted by Gasteiger charge is 2.18. The number of nitrogens with zero attached hydrogens (tertiary/aromatic N) is 4. The summed E-state index contributed by atoms with van der Waals surface area (Å²) < 4.78 is 1.51. The van der Waals surface area contributed by atoms with Crippen molar-refractivity contribution in [1.29, 1.82) is 0 Å². The molecule has 0 radical (unpaired) electrons. The Bertz CT molecular complexity index is 905. The maximum atomic E-state index is 12.8. The summed E-state index contributed by atoms with van der Waals surface area (Å²) in [5.74, 6) is -0.121. The van der Waals surface area contributed by atoms with Crippen LogP contribution in [-0.2, 0) is 0 Å². The molecule has 1 aromatic heterocycles. The first-order valence-corrected chi connectivity index (χ1v) is 8.85. The normalized spacial score (nSPS) is 12.2. The van der Waals surface area contributed by atoms with Gasteiger partial charge >= 0.3 is 0 Å². The molecule has 0 bridgehead atoms. The van der Waals surface area contributed by atoms with E-state index in [0.717, 1.165) is 16.7 Å². The molecule has 1 amide bonds. The van der Waals surface area contributed by atoms with E-state index >= 15 is 0 Å². The molecule has 0 saturated carbocycles. The summed E-state index contributed by atoms with van der Waals surface area (Å²) >= 11 is 0. The first kappa shape index (κ1) is 18.7. The number of tetrazole rings is 1. The molecular formula is C20H23N5O2. The van der Waals surface area contributed by atoms with E-state index in [0.29, 0.717) is 11.3 Å². The molecule has 0 aliphatic heterocycles. The van der Waals surface area contributed by atoms with Crippen LogP contribution in [0.4, 0.5) is 0 Å². The lowest BCUT2D eigenvalue weighted by atomic mass is 10.00. The van der Waals surface area contributed by atoms with Crippen LogP contribution in [0.25, 0.3) is 16.8 Å². The fourth-order valence-corrected chi connectivity index (χ4v) is 2.74. The van der Waals surface area contributed by atoms with Gasteiger partial charge in [-0.15, -0.1) is 5.10 Å². The molecule has 7 nitrogen and oxygen atoms in total. The molecule has 0 aliphatic carbocycles. The first-order chi connectivity index (χ1) is 13.0. The van der Waals surface area contributed by atoms with Crippen molar-refractivity contribution in [1.82, 2.24) is 25.5 Å². The van der Waals surface area contributed by atoms with Gasteiger partial charge in [0.05, 0.1) is 18.3 Å². The van der Waals surface area contributed by atoms with Crippen molar-refractivity contribution in [3.63, 3.8) is 0 Å². The van der Waals surface area contributed by atoms with E-state index in [9.17, 15) is 9.90 Å². The number of carbonyl (C=O) groups is 1. The maximum absolute atomic E-state index is 12.8. The third-order valence-corrected chi connectivity index (χ3v) is 4.50. The van der Waals surface area contributed by atoms with Crippen molar-refractivity contribution >= 4 is 5.91 Å². The maximum Gasteiger partial charge on any atom is 0.251 e. The number of hydrogen-bond acceptors (Lipinski definition) is 5. The third kappa shape index (κ3) is 4.38. The summed E-state index contributed by atoms with van der Waals surface area (Å²) in [6.07, 6.45) is 1.49. The lowest BCUT2D eigenvalue weighted by molar-refractivity contribution is 0.0897. The average molecular weight is 365 g/mol. The average Bonchev–Trinajstić information content (AvgIpc) is 3.20. The predicted molar refractivity (Wildman–Crippen MR) is 103 cm³/mol. The van der Waals surface area contributed by atoms with Crippen LogP contribution in [0.1, 0.15) is 29.8 Å². The molecule has 1 atom stereocenters. The second-order valence-corrected chi connectivity index (χ2v) is 6.90. The van der Waals surface area contributed by atoms with Gasteiger partial charge in [-0.25, -0.2) is 4.68 Å². The topological polar surface area (TPSA) is 92.9 Å². The minimum Gasteiger partial charge on any atom is -0.394 e. The Morgan fingerprint density at radius 3 is 2.48 bits per heavy atom. The summed E-state index contributed by atoms with van der Waals surface area (Å²) in [6.45, 7) is 5.83. The van der Waals surface area contributed by atoms with Crippen molar-refractivity contribution in [3.05, 3.63) is 59.9 Å². The van der Waals surface area contributed by atoms with Crippen LogP contribution in [0.3, 0.4) is 0 Å². The molecule has 0 fully saturated rings. The Morgan fingerprint density at radius 2 is 1.89 bits per heavy atom. The fraction of sp³-hybridized carbons (Fsp3) is 0.300. The van der Waals surface area contributed by atoms with E-state index in [1.807, 2.05) is 57.2 Å². The molecule has 1 unspecified atom stereocenters. The quantitative estimate of drug-likeness (QED) is 0.700. The molecule has 0 saturated heterocycles. The van der Waals surface area contributed by atoms with Crippen molar-refractivity contribution in [2.24, 2.45) is 5.92 Å². The van der Waals surface area contributed by atoms with Crippen molar-refractivity contribution in [2.75, 3.05) is 6.61 Å². The Morgan fingerprint density at radius 1 is 1.15 bits per heavy atom. The Labute approximate surface area is 158 Å². The van der Waals surface area contributed by atoms with Crippen LogP contribution >= 0.6 is 0 Å². The Balaban J connectivity index is 2.02. The van der Waals surface area contributed by atoms with Crippen molar-refractivity contribution in [3.8, 4) is 16.8 Å². The monoisotopic (exact) mass is 365 g/mol. The van der Waals surface area contributed by atoms with Gasteiger partial charge in [0.25, 0.3) is 5.91 Å². The Kier molecular flexibility index (Phi) is 5.61. The van der Waals surface area contributed by atoms with Gasteiger partial charge < -0.3 is 10.4 Å². The van der Waals surface area contributed by atoms with Gasteiger partial charge in [0.15, 0.2) is 0 Å². The summed E-state index contributed by atoms with van der Waals surface area (Å²) in [4.78, 5) is 12.8. The number of hydrogen-bond donors (Lipinski definition) is 2. The summed E-state index contributed by atoms with van der Waals surface area (Å²) in [5, 5.41) is 23.7. The highest BCUT2D eigenvalue weighted by Crippen LogP contribution is 2.24. The van der Waals surface area contributed by atoms with Crippen LogP contribution in [0, 0.1) is 12.8 Å². The van der Waals surface area contributed by atoms with E-state index in [-0.39, 0.29) is 24.5 Å². The molecule has 3 rings (SSSR count). The molecule has 1 heterocycles. The predicted octanol–water partition coefficient (Wildman–Crippen LogP) is 2.38. The first-order valence-electron chi connectivity index (χ1n) is 8.85. The van der Waals surface area contributed by atoms with Crippen LogP contribution < -0.4 is 5.32 Å². The van der Waals surface area contributed by atoms with E-state index in [1.54, 1.807) is 6.07 Å². The lowest BCUT2D eigenvalue weighted by Crippen LogP contribution is -2.41. The lowest BCUT2D eigenvalue weighted by Gasteiger charge is -2.20. The smallest absolute Gasteiger partial charge is 0.251 e. The van der Waals surface area contributed by atoms with E-state index in [4.69, 9.17) is 0 Å². The zero-order valence-corrected chi connectivity index (χ0v) is 15.6. The Hall–Kier alpha value is -3.06. The number of aromatic nitrogens is 4. The number of amides is 1. The second-order valence-electron chi connectivity index (χ2n) is 6.90. The molecule has 7 heteroatoms. The molecular weight excluding hydrogens is 342 g/mol. The zero-order chi connectivity index (χ0) is 19.4. The van der Waals surface area contributed by atoms with Crippen molar-refractivity contribution < 1.29 is 9.90 Å². The van der Waals surface area contributed by atoms with Gasteiger partial charge in [0.2, 0.25) is 0 Å². The van der Waals surface area contributed by atoms with Gasteiger partial charge in [0, 0.05) is 5.56 Å². The van der Waals surface area contributed by atoms with E-state index < -0.39 is 0 Å². The molecule has 2 N–H and O–H groups in total. The number of aliphatic hydroxyl groups is 1. The summed E-state index contributed by atoms with van der Waals surface area (Å²) in [7, 11) is 0. The molecule has 140 valence electrons. The number of nitrogens with one attached hydrogen (secondary N) is 1. The van der Waals surface area contributed by atoms with Crippen LogP contribution in [0.5, 0.6) is 0 Å². The summed E-state index contributed by atoms with van der Waals surface area (Å²) in [6, 6.07) is 13.3. The number of carbonyl (C=O) groups excluding carboxylic acids is 1. The zero-order valence-electron chi connectivity index (χ0n) is 15.6.